The minimum Gasteiger partial charge on any atom is -0.381 e. The minimum atomic E-state index is 0.287. The van der Waals surface area contributed by atoms with E-state index in [0.717, 1.165) is 18.9 Å². The van der Waals surface area contributed by atoms with Gasteiger partial charge in [0.25, 0.3) is 0 Å². The lowest BCUT2D eigenvalue weighted by Gasteiger charge is -2.52. The third-order valence-corrected chi connectivity index (χ3v) is 4.83. The summed E-state index contributed by atoms with van der Waals surface area (Å²) in [6, 6.07) is 1.28. The first-order chi connectivity index (χ1) is 8.04. The highest BCUT2D eigenvalue weighted by Gasteiger charge is 2.48. The first-order valence-corrected chi connectivity index (χ1v) is 7.03. The predicted octanol–water partition coefficient (Wildman–Crippen LogP) is 1.78. The monoisotopic (exact) mass is 240 g/mol. The number of hydrogen-bond acceptors (Lipinski definition) is 3. The molecule has 0 aromatic rings. The number of nitrogens with one attached hydrogen (secondary N) is 2. The summed E-state index contributed by atoms with van der Waals surface area (Å²) < 4.78 is 5.48. The zero-order chi connectivity index (χ0) is 12.5. The molecule has 4 unspecified atom stereocenters. The molecule has 0 radical (unpaired) electrons. The maximum absolute atomic E-state index is 5.48. The Hall–Kier alpha value is -0.120. The Morgan fingerprint density at radius 1 is 1.35 bits per heavy atom. The number of ether oxygens (including phenoxy) is 1. The van der Waals surface area contributed by atoms with Crippen LogP contribution in [0.5, 0.6) is 0 Å². The zero-order valence-electron chi connectivity index (χ0n) is 11.8. The molecular weight excluding hydrogens is 212 g/mol. The fourth-order valence-electron chi connectivity index (χ4n) is 3.29. The van der Waals surface area contributed by atoms with Crippen LogP contribution in [-0.4, -0.2) is 38.4 Å². The third kappa shape index (κ3) is 2.83. The average Bonchev–Trinajstić information content (AvgIpc) is 2.28. The summed E-state index contributed by atoms with van der Waals surface area (Å²) >= 11 is 0. The van der Waals surface area contributed by atoms with E-state index in [1.165, 1.54) is 19.4 Å². The van der Waals surface area contributed by atoms with E-state index in [4.69, 9.17) is 4.74 Å². The first-order valence-electron chi connectivity index (χ1n) is 7.03. The Kier molecular flexibility index (Phi) is 4.11. The van der Waals surface area contributed by atoms with Gasteiger partial charge in [-0.2, -0.15) is 0 Å². The quantitative estimate of drug-likeness (QED) is 0.786. The summed E-state index contributed by atoms with van der Waals surface area (Å²) in [6.07, 6.45) is 4.23. The topological polar surface area (TPSA) is 33.3 Å². The van der Waals surface area contributed by atoms with E-state index in [9.17, 15) is 0 Å². The highest BCUT2D eigenvalue weighted by atomic mass is 16.5. The Morgan fingerprint density at radius 2 is 2.12 bits per heavy atom. The van der Waals surface area contributed by atoms with Crippen molar-refractivity contribution in [1.29, 1.82) is 0 Å². The van der Waals surface area contributed by atoms with E-state index in [1.54, 1.807) is 0 Å². The predicted molar refractivity (Wildman–Crippen MR) is 71.2 cm³/mol. The molecular formula is C14H28N2O. The van der Waals surface area contributed by atoms with Crippen LogP contribution < -0.4 is 10.6 Å². The molecule has 1 saturated heterocycles. The van der Waals surface area contributed by atoms with Crippen LogP contribution >= 0.6 is 0 Å². The number of rotatable bonds is 4. The van der Waals surface area contributed by atoms with Gasteiger partial charge >= 0.3 is 0 Å². The van der Waals surface area contributed by atoms with Gasteiger partial charge in [0.15, 0.2) is 0 Å². The molecule has 2 fully saturated rings. The van der Waals surface area contributed by atoms with Gasteiger partial charge in [0.2, 0.25) is 0 Å². The Balaban J connectivity index is 1.72. The van der Waals surface area contributed by atoms with E-state index >= 15 is 0 Å². The maximum atomic E-state index is 5.48. The molecule has 17 heavy (non-hydrogen) atoms. The van der Waals surface area contributed by atoms with Gasteiger partial charge in [-0.05, 0) is 31.7 Å². The van der Waals surface area contributed by atoms with Crippen LogP contribution in [0.3, 0.4) is 0 Å². The molecule has 1 aliphatic heterocycles. The van der Waals surface area contributed by atoms with Crippen LogP contribution in [-0.2, 0) is 4.74 Å². The standard InChI is InChI=1S/C14H28N2O/c1-10-5-6-15-11(7-10)9-16-12-8-13(17-4)14(12,2)3/h10-13,15-16H,5-9H2,1-4H3. The van der Waals surface area contributed by atoms with Crippen molar-refractivity contribution in [1.82, 2.24) is 10.6 Å². The normalized spacial score (nSPS) is 40.9. The van der Waals surface area contributed by atoms with Crippen molar-refractivity contribution in [3.63, 3.8) is 0 Å². The average molecular weight is 240 g/mol. The molecule has 100 valence electrons. The summed E-state index contributed by atoms with van der Waals surface area (Å²) in [5.74, 6) is 0.879. The van der Waals surface area contributed by atoms with Crippen LogP contribution in [0, 0.1) is 11.3 Å². The van der Waals surface area contributed by atoms with Gasteiger partial charge in [0, 0.05) is 31.2 Å². The third-order valence-electron chi connectivity index (χ3n) is 4.83. The second-order valence-electron chi connectivity index (χ2n) is 6.52. The number of methoxy groups -OCH3 is 1. The minimum absolute atomic E-state index is 0.287. The van der Waals surface area contributed by atoms with Gasteiger partial charge in [-0.1, -0.05) is 20.8 Å². The summed E-state index contributed by atoms with van der Waals surface area (Å²) in [6.45, 7) is 9.26. The lowest BCUT2D eigenvalue weighted by molar-refractivity contribution is -0.0978. The molecule has 2 rings (SSSR count). The molecule has 0 aromatic carbocycles. The molecule has 0 amide bonds. The Labute approximate surface area is 106 Å². The van der Waals surface area contributed by atoms with Crippen molar-refractivity contribution in [2.75, 3.05) is 20.2 Å². The lowest BCUT2D eigenvalue weighted by Crippen LogP contribution is -2.62. The molecule has 1 saturated carbocycles. The molecule has 3 nitrogen and oxygen atoms in total. The molecule has 2 aliphatic rings. The molecule has 1 heterocycles. The molecule has 0 spiro atoms. The molecule has 2 N–H and O–H groups in total. The van der Waals surface area contributed by atoms with Crippen LogP contribution in [0.25, 0.3) is 0 Å². The van der Waals surface area contributed by atoms with E-state index < -0.39 is 0 Å². The van der Waals surface area contributed by atoms with Crippen LogP contribution in [0.4, 0.5) is 0 Å². The van der Waals surface area contributed by atoms with Crippen LogP contribution in [0.1, 0.15) is 40.0 Å². The molecule has 0 aromatic heterocycles. The highest BCUT2D eigenvalue weighted by molar-refractivity contribution is 5.03. The van der Waals surface area contributed by atoms with Gasteiger partial charge in [-0.25, -0.2) is 0 Å². The van der Waals surface area contributed by atoms with Crippen LogP contribution in [0.2, 0.25) is 0 Å². The fraction of sp³-hybridized carbons (Fsp3) is 1.00. The number of hydrogen-bond donors (Lipinski definition) is 2. The highest BCUT2D eigenvalue weighted by Crippen LogP contribution is 2.42. The summed E-state index contributed by atoms with van der Waals surface area (Å²) in [5, 5.41) is 7.33. The van der Waals surface area contributed by atoms with Crippen molar-refractivity contribution >= 4 is 0 Å². The lowest BCUT2D eigenvalue weighted by atomic mass is 9.64. The van der Waals surface area contributed by atoms with Gasteiger partial charge < -0.3 is 15.4 Å². The zero-order valence-corrected chi connectivity index (χ0v) is 11.8. The molecule has 3 heteroatoms. The molecule has 0 bridgehead atoms. The summed E-state index contributed by atoms with van der Waals surface area (Å²) in [5.41, 5.74) is 0.287. The Bertz CT molecular complexity index is 255. The van der Waals surface area contributed by atoms with Crippen molar-refractivity contribution in [2.24, 2.45) is 11.3 Å². The van der Waals surface area contributed by atoms with Crippen molar-refractivity contribution in [3.05, 3.63) is 0 Å². The van der Waals surface area contributed by atoms with Crippen molar-refractivity contribution in [2.45, 2.75) is 58.2 Å². The van der Waals surface area contributed by atoms with Crippen molar-refractivity contribution in [3.8, 4) is 0 Å². The van der Waals surface area contributed by atoms with Gasteiger partial charge in [-0.3, -0.25) is 0 Å². The second kappa shape index (κ2) is 5.25. The summed E-state index contributed by atoms with van der Waals surface area (Å²) in [4.78, 5) is 0. The van der Waals surface area contributed by atoms with E-state index in [2.05, 4.69) is 31.4 Å². The van der Waals surface area contributed by atoms with Gasteiger partial charge in [0.1, 0.15) is 0 Å². The maximum Gasteiger partial charge on any atom is 0.0652 e. The number of piperidine rings is 1. The van der Waals surface area contributed by atoms with Gasteiger partial charge in [0.05, 0.1) is 6.10 Å². The second-order valence-corrected chi connectivity index (χ2v) is 6.52. The van der Waals surface area contributed by atoms with Gasteiger partial charge in [-0.15, -0.1) is 0 Å². The van der Waals surface area contributed by atoms with E-state index in [1.807, 2.05) is 7.11 Å². The van der Waals surface area contributed by atoms with E-state index in [-0.39, 0.29) is 5.41 Å². The van der Waals surface area contributed by atoms with Crippen molar-refractivity contribution < 1.29 is 4.74 Å². The van der Waals surface area contributed by atoms with Crippen LogP contribution in [0.15, 0.2) is 0 Å². The summed E-state index contributed by atoms with van der Waals surface area (Å²) in [7, 11) is 1.83. The smallest absolute Gasteiger partial charge is 0.0652 e. The van der Waals surface area contributed by atoms with E-state index in [0.29, 0.717) is 18.2 Å². The molecule has 4 atom stereocenters. The SMILES string of the molecule is COC1CC(NCC2CC(C)CCN2)C1(C)C. The largest absolute Gasteiger partial charge is 0.381 e. The Morgan fingerprint density at radius 3 is 2.71 bits per heavy atom. The fourth-order valence-corrected chi connectivity index (χ4v) is 3.29. The molecule has 1 aliphatic carbocycles. The first kappa shape index (κ1) is 13.3.